The largest absolute Gasteiger partial charge is 0.332 e. The van der Waals surface area contributed by atoms with Gasteiger partial charge in [-0.2, -0.15) is 0 Å². The Morgan fingerprint density at radius 3 is 1.95 bits per heavy atom. The predicted octanol–water partition coefficient (Wildman–Crippen LogP) is 4.90. The van der Waals surface area contributed by atoms with E-state index in [2.05, 4.69) is 24.5 Å². The Bertz CT molecular complexity index is 619. The molecule has 0 saturated carbocycles. The zero-order valence-corrected chi connectivity index (χ0v) is 12.6. The highest BCUT2D eigenvalue weighted by Gasteiger charge is 2.04. The SMILES string of the molecule is CC(C)c1ccc(NC(=S)Nc2cc(F)cc(F)c2)cc1. The summed E-state index contributed by atoms with van der Waals surface area (Å²) in [4.78, 5) is 0. The zero-order valence-electron chi connectivity index (χ0n) is 11.8. The zero-order chi connectivity index (χ0) is 15.4. The van der Waals surface area contributed by atoms with E-state index in [0.717, 1.165) is 11.8 Å². The van der Waals surface area contributed by atoms with Crippen molar-refractivity contribution < 1.29 is 8.78 Å². The van der Waals surface area contributed by atoms with E-state index in [-0.39, 0.29) is 10.8 Å². The van der Waals surface area contributed by atoms with E-state index < -0.39 is 11.6 Å². The number of anilines is 2. The number of halogens is 2. The molecule has 0 unspecified atom stereocenters. The summed E-state index contributed by atoms with van der Waals surface area (Å²) >= 11 is 5.12. The highest BCUT2D eigenvalue weighted by molar-refractivity contribution is 7.80. The topological polar surface area (TPSA) is 24.1 Å². The Morgan fingerprint density at radius 1 is 0.905 bits per heavy atom. The fourth-order valence-corrected chi connectivity index (χ4v) is 2.11. The van der Waals surface area contributed by atoms with Gasteiger partial charge < -0.3 is 10.6 Å². The lowest BCUT2D eigenvalue weighted by molar-refractivity contribution is 0.584. The second-order valence-electron chi connectivity index (χ2n) is 5.01. The first-order valence-electron chi connectivity index (χ1n) is 6.58. The number of rotatable bonds is 3. The summed E-state index contributed by atoms with van der Waals surface area (Å²) < 4.78 is 26.2. The van der Waals surface area contributed by atoms with Crippen molar-refractivity contribution in [1.29, 1.82) is 0 Å². The summed E-state index contributed by atoms with van der Waals surface area (Å²) in [5, 5.41) is 6.00. The molecule has 0 aliphatic rings. The minimum atomic E-state index is -0.651. The average molecular weight is 306 g/mol. The highest BCUT2D eigenvalue weighted by Crippen LogP contribution is 2.18. The van der Waals surface area contributed by atoms with Gasteiger partial charge in [-0.3, -0.25) is 0 Å². The molecule has 0 radical (unpaired) electrons. The summed E-state index contributed by atoms with van der Waals surface area (Å²) in [7, 11) is 0. The number of hydrogen-bond acceptors (Lipinski definition) is 1. The van der Waals surface area contributed by atoms with Gasteiger partial charge in [-0.25, -0.2) is 8.78 Å². The third-order valence-electron chi connectivity index (χ3n) is 2.96. The van der Waals surface area contributed by atoms with Crippen LogP contribution in [0.5, 0.6) is 0 Å². The van der Waals surface area contributed by atoms with Gasteiger partial charge in [0, 0.05) is 17.4 Å². The van der Waals surface area contributed by atoms with E-state index in [1.807, 2.05) is 24.3 Å². The van der Waals surface area contributed by atoms with Crippen LogP contribution in [0.4, 0.5) is 20.2 Å². The monoisotopic (exact) mass is 306 g/mol. The first-order valence-corrected chi connectivity index (χ1v) is 6.99. The van der Waals surface area contributed by atoms with Crippen LogP contribution >= 0.6 is 12.2 Å². The van der Waals surface area contributed by atoms with Crippen LogP contribution in [0.2, 0.25) is 0 Å². The summed E-state index contributed by atoms with van der Waals surface area (Å²) in [6.07, 6.45) is 0. The quantitative estimate of drug-likeness (QED) is 0.789. The van der Waals surface area contributed by atoms with Crippen LogP contribution in [-0.4, -0.2) is 5.11 Å². The van der Waals surface area contributed by atoms with Crippen molar-refractivity contribution in [1.82, 2.24) is 0 Å². The first-order chi connectivity index (χ1) is 9.94. The number of benzene rings is 2. The predicted molar refractivity (Wildman–Crippen MR) is 86.7 cm³/mol. The molecule has 0 aromatic heterocycles. The Hall–Kier alpha value is -2.01. The molecule has 2 aromatic carbocycles. The Balaban J connectivity index is 2.01. The molecule has 0 fully saturated rings. The van der Waals surface area contributed by atoms with E-state index in [1.165, 1.54) is 17.7 Å². The van der Waals surface area contributed by atoms with Crippen LogP contribution in [0.25, 0.3) is 0 Å². The molecule has 110 valence electrons. The molecule has 2 nitrogen and oxygen atoms in total. The minimum Gasteiger partial charge on any atom is -0.332 e. The van der Waals surface area contributed by atoms with Crippen molar-refractivity contribution >= 4 is 28.7 Å². The van der Waals surface area contributed by atoms with Gasteiger partial charge in [-0.1, -0.05) is 26.0 Å². The van der Waals surface area contributed by atoms with E-state index in [0.29, 0.717) is 5.92 Å². The molecule has 0 amide bonds. The molecular formula is C16H16F2N2S. The van der Waals surface area contributed by atoms with Crippen LogP contribution in [0.1, 0.15) is 25.3 Å². The van der Waals surface area contributed by atoms with Gasteiger partial charge in [-0.15, -0.1) is 0 Å². The molecule has 0 saturated heterocycles. The van der Waals surface area contributed by atoms with Gasteiger partial charge in [-0.05, 0) is 48.0 Å². The molecule has 0 atom stereocenters. The Morgan fingerprint density at radius 2 is 1.43 bits per heavy atom. The maximum atomic E-state index is 13.1. The first kappa shape index (κ1) is 15.4. The lowest BCUT2D eigenvalue weighted by Crippen LogP contribution is -2.19. The second kappa shape index (κ2) is 6.63. The fraction of sp³-hybridized carbons (Fsp3) is 0.188. The molecule has 0 aliphatic heterocycles. The van der Waals surface area contributed by atoms with Crippen molar-refractivity contribution in [2.75, 3.05) is 10.6 Å². The molecule has 2 aromatic rings. The second-order valence-corrected chi connectivity index (χ2v) is 5.42. The molecule has 0 heterocycles. The van der Waals surface area contributed by atoms with Gasteiger partial charge >= 0.3 is 0 Å². The molecule has 21 heavy (non-hydrogen) atoms. The Labute approximate surface area is 128 Å². The normalized spacial score (nSPS) is 10.5. The summed E-state index contributed by atoms with van der Waals surface area (Å²) in [5.41, 5.74) is 2.31. The fourth-order valence-electron chi connectivity index (χ4n) is 1.87. The molecule has 2 N–H and O–H groups in total. The van der Waals surface area contributed by atoms with Crippen LogP contribution in [0.15, 0.2) is 42.5 Å². The van der Waals surface area contributed by atoms with Crippen LogP contribution < -0.4 is 10.6 Å². The van der Waals surface area contributed by atoms with Crippen molar-refractivity contribution in [3.63, 3.8) is 0 Å². The van der Waals surface area contributed by atoms with Crippen molar-refractivity contribution in [3.8, 4) is 0 Å². The molecule has 0 spiro atoms. The molecular weight excluding hydrogens is 290 g/mol. The van der Waals surface area contributed by atoms with Crippen LogP contribution in [0, 0.1) is 11.6 Å². The summed E-state index contributed by atoms with van der Waals surface area (Å²) in [6, 6.07) is 11.0. The van der Waals surface area contributed by atoms with E-state index in [1.54, 1.807) is 0 Å². The van der Waals surface area contributed by atoms with Gasteiger partial charge in [0.2, 0.25) is 0 Å². The number of nitrogens with one attached hydrogen (secondary N) is 2. The van der Waals surface area contributed by atoms with E-state index >= 15 is 0 Å². The van der Waals surface area contributed by atoms with E-state index in [4.69, 9.17) is 12.2 Å². The minimum absolute atomic E-state index is 0.267. The van der Waals surface area contributed by atoms with Crippen molar-refractivity contribution in [2.45, 2.75) is 19.8 Å². The van der Waals surface area contributed by atoms with Gasteiger partial charge in [0.1, 0.15) is 11.6 Å². The Kier molecular flexibility index (Phi) is 4.85. The molecule has 0 bridgehead atoms. The maximum absolute atomic E-state index is 13.1. The lowest BCUT2D eigenvalue weighted by Gasteiger charge is -2.12. The van der Waals surface area contributed by atoms with Gasteiger partial charge in [0.05, 0.1) is 0 Å². The van der Waals surface area contributed by atoms with E-state index in [9.17, 15) is 8.78 Å². The van der Waals surface area contributed by atoms with Crippen molar-refractivity contribution in [2.24, 2.45) is 0 Å². The third kappa shape index (κ3) is 4.49. The van der Waals surface area contributed by atoms with Crippen molar-refractivity contribution in [3.05, 3.63) is 59.7 Å². The molecule has 5 heteroatoms. The number of hydrogen-bond donors (Lipinski definition) is 2. The highest BCUT2D eigenvalue weighted by atomic mass is 32.1. The standard InChI is InChI=1S/C16H16F2N2S/c1-10(2)11-3-5-14(6-4-11)19-16(21)20-15-8-12(17)7-13(18)9-15/h3-10H,1-2H3,(H2,19,20,21). The smallest absolute Gasteiger partial charge is 0.175 e. The molecule has 2 rings (SSSR count). The van der Waals surface area contributed by atoms with Crippen LogP contribution in [0.3, 0.4) is 0 Å². The van der Waals surface area contributed by atoms with Crippen LogP contribution in [-0.2, 0) is 0 Å². The lowest BCUT2D eigenvalue weighted by atomic mass is 10.0. The third-order valence-corrected chi connectivity index (χ3v) is 3.16. The number of thiocarbonyl (C=S) groups is 1. The van der Waals surface area contributed by atoms with Gasteiger partial charge in [0.25, 0.3) is 0 Å². The average Bonchev–Trinajstić information content (AvgIpc) is 2.37. The maximum Gasteiger partial charge on any atom is 0.175 e. The van der Waals surface area contributed by atoms with Gasteiger partial charge in [0.15, 0.2) is 5.11 Å². The summed E-state index contributed by atoms with van der Waals surface area (Å²) in [5.74, 6) is -0.845. The molecule has 0 aliphatic carbocycles. The summed E-state index contributed by atoms with van der Waals surface area (Å²) in [6.45, 7) is 4.24.